The Morgan fingerprint density at radius 2 is 1.75 bits per heavy atom. The number of nitrogens with zero attached hydrogens (tertiary/aromatic N) is 2. The molecule has 0 aliphatic carbocycles. The van der Waals surface area contributed by atoms with E-state index >= 15 is 0 Å². The Kier molecular flexibility index (Phi) is 15.7. The highest BCUT2D eigenvalue weighted by atomic mass is 32.3. The quantitative estimate of drug-likeness (QED) is 0.0748. The van der Waals surface area contributed by atoms with Crippen LogP contribution >= 0.6 is 11.3 Å². The topological polar surface area (TPSA) is 262 Å². The number of fused-ring (bicyclic) bond motifs is 2. The van der Waals surface area contributed by atoms with Crippen molar-refractivity contribution >= 4 is 89.7 Å². The molecule has 0 bridgehead atoms. The molecule has 5 rings (SSSR count). The maximum Gasteiger partial charge on any atom is 0.306 e. The van der Waals surface area contributed by atoms with Crippen molar-refractivity contribution in [2.75, 3.05) is 63.6 Å². The number of esters is 1. The zero-order valence-corrected chi connectivity index (χ0v) is 38.7. The Hall–Kier alpha value is -5.42. The largest absolute Gasteiger partial charge is 0.456 e. The number of anilines is 2. The Morgan fingerprint density at radius 3 is 2.43 bits per heavy atom. The summed E-state index contributed by atoms with van der Waals surface area (Å²) in [5.41, 5.74) is 4.39. The average molecular weight is 931 g/mol. The molecule has 2 aliphatic rings. The van der Waals surface area contributed by atoms with Gasteiger partial charge in [-0.15, -0.1) is 11.3 Å². The van der Waals surface area contributed by atoms with E-state index in [1.165, 1.54) is 13.1 Å². The Labute approximate surface area is 370 Å². The molecular formula is C41H54N8O11S3. The van der Waals surface area contributed by atoms with Crippen LogP contribution in [0.3, 0.4) is 0 Å². The highest BCUT2D eigenvalue weighted by Crippen LogP contribution is 2.43. The molecule has 0 fully saturated rings. The van der Waals surface area contributed by atoms with Crippen LogP contribution in [0.5, 0.6) is 0 Å². The van der Waals surface area contributed by atoms with E-state index in [2.05, 4.69) is 45.0 Å². The van der Waals surface area contributed by atoms with Gasteiger partial charge in [0.05, 0.1) is 22.8 Å². The Bertz CT molecular complexity index is 2540. The summed E-state index contributed by atoms with van der Waals surface area (Å²) in [4.78, 5) is 83.0. The highest BCUT2D eigenvalue weighted by molar-refractivity contribution is 7.95. The molecule has 342 valence electrons. The molecule has 2 aliphatic heterocycles. The predicted octanol–water partition coefficient (Wildman–Crippen LogP) is 2.70. The van der Waals surface area contributed by atoms with Crippen molar-refractivity contribution < 1.29 is 50.3 Å². The molecule has 0 unspecified atom stereocenters. The summed E-state index contributed by atoms with van der Waals surface area (Å²) in [6, 6.07) is 5.66. The number of thiophene rings is 1. The number of sulfone groups is 1. The third kappa shape index (κ3) is 11.4. The number of ether oxygens (including phenoxy) is 1. The van der Waals surface area contributed by atoms with Crippen LogP contribution in [0.1, 0.15) is 91.4 Å². The summed E-state index contributed by atoms with van der Waals surface area (Å²) in [6.45, 7) is 13.1. The standard InChI is InChI=1S/C41H54N8O11S3/c1-8-42-32-17-23(4)62(56,57)41-29(32)20-37(61-41)63(58,59)47-34(51)21-48(7)35(52)22-60-36(53)14-13-33(50)45-26-11-12-30-27(18-26)28(39(54)46-30)19-31-24(5)38(25(6)44-31)40(55)43-15-16-49(9-2)10-3/h11-12,18-20,23,32,42,44H,8-10,13-17,21-22H2,1-7H3,(H,43,55)(H,45,50)(H,46,54)(H,47,51)/b28-19-/t23-,32-/m0/s1. The van der Waals surface area contributed by atoms with Crippen LogP contribution < -0.4 is 26.0 Å². The first-order valence-corrected chi connectivity index (χ1v) is 24.3. The molecule has 63 heavy (non-hydrogen) atoms. The minimum atomic E-state index is -4.50. The van der Waals surface area contributed by atoms with E-state index in [-0.39, 0.29) is 39.1 Å². The van der Waals surface area contributed by atoms with Gasteiger partial charge >= 0.3 is 5.97 Å². The van der Waals surface area contributed by atoms with Gasteiger partial charge in [-0.2, -0.15) is 0 Å². The number of sulfonamides is 1. The monoisotopic (exact) mass is 930 g/mol. The SMILES string of the molecule is CCN[C@H]1C[C@H](C)S(=O)(=O)c2sc(S(=O)(=O)NC(=O)CN(C)C(=O)COC(=O)CCC(=O)Nc3ccc4c(c3)/C(=C/c3[nH]c(C)c(C(=O)NCCN(CC)CC)c3C)C(=O)N4)cc21. The number of rotatable bonds is 19. The number of aromatic nitrogens is 1. The van der Waals surface area contributed by atoms with E-state index in [1.54, 1.807) is 45.0 Å². The number of likely N-dealkylation sites (N-methyl/N-ethyl adjacent to an activating group) is 2. The van der Waals surface area contributed by atoms with Crippen molar-refractivity contribution in [3.05, 3.63) is 57.9 Å². The molecule has 22 heteroatoms. The zero-order chi connectivity index (χ0) is 46.4. The molecule has 4 heterocycles. The smallest absolute Gasteiger partial charge is 0.306 e. The Balaban J connectivity index is 1.10. The number of aromatic amines is 1. The van der Waals surface area contributed by atoms with E-state index in [9.17, 15) is 45.6 Å². The van der Waals surface area contributed by atoms with Crippen molar-refractivity contribution in [1.82, 2.24) is 30.1 Å². The fourth-order valence-electron chi connectivity index (χ4n) is 7.24. The average Bonchev–Trinajstić information content (AvgIpc) is 3.90. The van der Waals surface area contributed by atoms with Crippen molar-refractivity contribution in [1.29, 1.82) is 0 Å². The summed E-state index contributed by atoms with van der Waals surface area (Å²) in [5.74, 6) is -3.95. The van der Waals surface area contributed by atoms with Crippen molar-refractivity contribution in [2.24, 2.45) is 0 Å². The van der Waals surface area contributed by atoms with Crippen LogP contribution in [-0.4, -0.2) is 125 Å². The lowest BCUT2D eigenvalue weighted by atomic mass is 10.0. The Morgan fingerprint density at radius 1 is 1.03 bits per heavy atom. The fraction of sp³-hybridized carbons (Fsp3) is 0.463. The summed E-state index contributed by atoms with van der Waals surface area (Å²) in [5, 5.41) is 10.9. The number of nitrogens with one attached hydrogen (secondary N) is 6. The molecule has 0 saturated carbocycles. The van der Waals surface area contributed by atoms with Gasteiger partial charge in [0.15, 0.2) is 16.4 Å². The molecule has 19 nitrogen and oxygen atoms in total. The minimum Gasteiger partial charge on any atom is -0.456 e. The van der Waals surface area contributed by atoms with Gasteiger partial charge in [-0.1, -0.05) is 20.8 Å². The van der Waals surface area contributed by atoms with Crippen LogP contribution in [-0.2, 0) is 48.6 Å². The molecule has 3 aromatic rings. The second-order valence-corrected chi connectivity index (χ2v) is 20.7. The summed E-state index contributed by atoms with van der Waals surface area (Å²) in [6.07, 6.45) is 1.19. The number of hydrogen-bond acceptors (Lipinski definition) is 14. The number of hydrogen-bond donors (Lipinski definition) is 6. The predicted molar refractivity (Wildman–Crippen MR) is 237 cm³/mol. The molecule has 2 atom stereocenters. The minimum absolute atomic E-state index is 0.0780. The van der Waals surface area contributed by atoms with Crippen LogP contribution in [0.2, 0.25) is 0 Å². The van der Waals surface area contributed by atoms with Gasteiger partial charge in [-0.3, -0.25) is 28.8 Å². The van der Waals surface area contributed by atoms with E-state index in [1.807, 2.05) is 11.6 Å². The lowest BCUT2D eigenvalue weighted by molar-refractivity contribution is -0.152. The number of aryl methyl sites for hydroxylation is 1. The molecular weight excluding hydrogens is 877 g/mol. The van der Waals surface area contributed by atoms with Gasteiger partial charge in [0.1, 0.15) is 15.0 Å². The summed E-state index contributed by atoms with van der Waals surface area (Å²) in [7, 11) is -7.07. The lowest BCUT2D eigenvalue weighted by Gasteiger charge is -2.27. The number of amides is 5. The maximum atomic E-state index is 13.1. The van der Waals surface area contributed by atoms with Crippen LogP contribution in [0.4, 0.5) is 11.4 Å². The van der Waals surface area contributed by atoms with Crippen molar-refractivity contribution in [2.45, 2.75) is 80.5 Å². The summed E-state index contributed by atoms with van der Waals surface area (Å²) >= 11 is 0.551. The normalized spacial score (nSPS) is 17.1. The number of benzene rings is 1. The zero-order valence-electron chi connectivity index (χ0n) is 36.2. The van der Waals surface area contributed by atoms with Crippen LogP contribution in [0.25, 0.3) is 11.6 Å². The number of carbonyl (C=O) groups is 6. The second-order valence-electron chi connectivity index (χ2n) is 15.2. The lowest BCUT2D eigenvalue weighted by Crippen LogP contribution is -2.42. The van der Waals surface area contributed by atoms with E-state index in [0.29, 0.717) is 75.0 Å². The summed E-state index contributed by atoms with van der Waals surface area (Å²) < 4.78 is 58.5. The van der Waals surface area contributed by atoms with Crippen LogP contribution in [0.15, 0.2) is 32.7 Å². The second kappa shape index (κ2) is 20.4. The first-order chi connectivity index (χ1) is 29.7. The van der Waals surface area contributed by atoms with Gasteiger partial charge < -0.3 is 40.8 Å². The molecule has 2 aromatic heterocycles. The van der Waals surface area contributed by atoms with Gasteiger partial charge in [0, 0.05) is 66.5 Å². The third-order valence-corrected chi connectivity index (χ3v) is 16.5. The van der Waals surface area contributed by atoms with Gasteiger partial charge in [-0.05, 0) is 82.7 Å². The molecule has 1 aromatic carbocycles. The number of carbonyl (C=O) groups excluding carboxylic acids is 6. The third-order valence-electron chi connectivity index (χ3n) is 10.8. The van der Waals surface area contributed by atoms with E-state index < -0.39 is 68.4 Å². The maximum absolute atomic E-state index is 13.1. The van der Waals surface area contributed by atoms with Crippen LogP contribution in [0, 0.1) is 13.8 Å². The highest BCUT2D eigenvalue weighted by Gasteiger charge is 2.40. The van der Waals surface area contributed by atoms with Gasteiger partial charge in [0.2, 0.25) is 5.91 Å². The first kappa shape index (κ1) is 48.6. The van der Waals surface area contributed by atoms with Gasteiger partial charge in [0.25, 0.3) is 33.7 Å². The number of H-pyrrole nitrogens is 1. The van der Waals surface area contributed by atoms with E-state index in [0.717, 1.165) is 24.5 Å². The molecule has 0 saturated heterocycles. The van der Waals surface area contributed by atoms with E-state index in [4.69, 9.17) is 4.74 Å². The first-order valence-electron chi connectivity index (χ1n) is 20.4. The van der Waals surface area contributed by atoms with Crippen molar-refractivity contribution in [3.8, 4) is 0 Å². The molecule has 0 radical (unpaired) electrons. The molecule has 0 spiro atoms. The van der Waals surface area contributed by atoms with Crippen molar-refractivity contribution in [3.63, 3.8) is 0 Å². The van der Waals surface area contributed by atoms with Gasteiger partial charge in [-0.25, -0.2) is 21.6 Å². The molecule has 5 amide bonds. The fourth-order valence-corrected chi connectivity index (χ4v) is 12.2. The molecule has 6 N–H and O–H groups in total.